The van der Waals surface area contributed by atoms with Gasteiger partial charge in [-0.2, -0.15) is 5.26 Å². The van der Waals surface area contributed by atoms with E-state index in [9.17, 15) is 4.79 Å². The number of piperazine rings is 1. The van der Waals surface area contributed by atoms with E-state index in [-0.39, 0.29) is 5.91 Å². The average molecular weight is 291 g/mol. The lowest BCUT2D eigenvalue weighted by Crippen LogP contribution is -2.55. The largest absolute Gasteiger partial charge is 0.335 e. The lowest BCUT2D eigenvalue weighted by atomic mass is 10.0. The highest BCUT2D eigenvalue weighted by atomic mass is 32.1. The Labute approximate surface area is 124 Å². The van der Waals surface area contributed by atoms with Gasteiger partial charge >= 0.3 is 0 Å². The fourth-order valence-corrected chi connectivity index (χ4v) is 3.38. The highest BCUT2D eigenvalue weighted by Crippen LogP contribution is 2.23. The molecule has 0 N–H and O–H groups in total. The van der Waals surface area contributed by atoms with Crippen LogP contribution >= 0.6 is 11.3 Å². The van der Waals surface area contributed by atoms with Gasteiger partial charge in [-0.05, 0) is 39.3 Å². The number of carbonyl (C=O) groups is 1. The van der Waals surface area contributed by atoms with Gasteiger partial charge in [0.25, 0.3) is 5.91 Å². The first-order valence-corrected chi connectivity index (χ1v) is 7.69. The zero-order valence-corrected chi connectivity index (χ0v) is 13.4. The molecule has 0 radical (unpaired) electrons. The van der Waals surface area contributed by atoms with E-state index in [1.165, 1.54) is 10.4 Å². The molecule has 0 atom stereocenters. The van der Waals surface area contributed by atoms with Crippen LogP contribution in [0.5, 0.6) is 0 Å². The molecule has 0 bridgehead atoms. The predicted molar refractivity (Wildman–Crippen MR) is 81.0 cm³/mol. The van der Waals surface area contributed by atoms with Gasteiger partial charge in [-0.3, -0.25) is 9.69 Å². The molecular formula is C15H21N3OS. The second kappa shape index (κ2) is 5.55. The Morgan fingerprint density at radius 2 is 1.90 bits per heavy atom. The molecule has 108 valence electrons. The van der Waals surface area contributed by atoms with Crippen molar-refractivity contribution in [2.45, 2.75) is 33.2 Å². The highest BCUT2D eigenvalue weighted by Gasteiger charge is 2.31. The number of aryl methyl sites for hydroxylation is 2. The molecule has 1 aliphatic rings. The normalized spacial score (nSPS) is 17.1. The molecule has 1 amide bonds. The Hall–Kier alpha value is -1.38. The van der Waals surface area contributed by atoms with Gasteiger partial charge in [-0.15, -0.1) is 11.3 Å². The van der Waals surface area contributed by atoms with Crippen molar-refractivity contribution >= 4 is 17.2 Å². The minimum absolute atomic E-state index is 0.126. The van der Waals surface area contributed by atoms with Crippen molar-refractivity contribution in [3.05, 3.63) is 21.4 Å². The Kier molecular flexibility index (Phi) is 4.17. The van der Waals surface area contributed by atoms with Gasteiger partial charge in [0.05, 0.1) is 10.9 Å². The third-order valence-electron chi connectivity index (χ3n) is 4.01. The molecule has 20 heavy (non-hydrogen) atoms. The van der Waals surface area contributed by atoms with Gasteiger partial charge in [-0.25, -0.2) is 0 Å². The fraction of sp³-hybridized carbons (Fsp3) is 0.600. The summed E-state index contributed by atoms with van der Waals surface area (Å²) < 4.78 is 0. The summed E-state index contributed by atoms with van der Waals surface area (Å²) in [6.45, 7) is 10.8. The summed E-state index contributed by atoms with van der Waals surface area (Å²) in [6.07, 6.45) is 0. The van der Waals surface area contributed by atoms with Crippen LogP contribution < -0.4 is 0 Å². The van der Waals surface area contributed by atoms with Crippen LogP contribution in [0.1, 0.15) is 34.0 Å². The number of nitriles is 1. The monoisotopic (exact) mass is 291 g/mol. The lowest BCUT2D eigenvalue weighted by molar-refractivity contribution is 0.0525. The average Bonchev–Trinajstić information content (AvgIpc) is 2.78. The van der Waals surface area contributed by atoms with Gasteiger partial charge in [0, 0.05) is 31.1 Å². The zero-order chi connectivity index (χ0) is 14.9. The van der Waals surface area contributed by atoms with Crippen LogP contribution in [0.2, 0.25) is 0 Å². The van der Waals surface area contributed by atoms with Crippen LogP contribution in [0.25, 0.3) is 0 Å². The molecule has 0 unspecified atom stereocenters. The molecule has 1 fully saturated rings. The minimum Gasteiger partial charge on any atom is -0.335 e. The van der Waals surface area contributed by atoms with E-state index in [1.807, 2.05) is 38.7 Å². The third kappa shape index (κ3) is 2.87. The number of amides is 1. The van der Waals surface area contributed by atoms with Crippen molar-refractivity contribution in [1.82, 2.24) is 9.80 Å². The van der Waals surface area contributed by atoms with Crippen LogP contribution in [0.3, 0.4) is 0 Å². The predicted octanol–water partition coefficient (Wildman–Crippen LogP) is 2.42. The molecule has 2 rings (SSSR count). The van der Waals surface area contributed by atoms with E-state index in [1.54, 1.807) is 11.3 Å². The Morgan fingerprint density at radius 3 is 2.35 bits per heavy atom. The number of rotatable bonds is 2. The Balaban J connectivity index is 2.01. The Morgan fingerprint density at radius 1 is 1.30 bits per heavy atom. The minimum atomic E-state index is -0.453. The number of nitrogens with zero attached hydrogens (tertiary/aromatic N) is 3. The van der Waals surface area contributed by atoms with Gasteiger partial charge < -0.3 is 4.90 Å². The smallest absolute Gasteiger partial charge is 0.264 e. The molecule has 1 aromatic heterocycles. The number of carbonyl (C=O) groups excluding carboxylic acids is 1. The van der Waals surface area contributed by atoms with Crippen molar-refractivity contribution in [3.63, 3.8) is 0 Å². The maximum Gasteiger partial charge on any atom is 0.264 e. The molecule has 5 heteroatoms. The first kappa shape index (κ1) is 15.0. The van der Waals surface area contributed by atoms with Crippen LogP contribution in [0, 0.1) is 25.2 Å². The molecular weight excluding hydrogens is 270 g/mol. The topological polar surface area (TPSA) is 47.3 Å². The van der Waals surface area contributed by atoms with Crippen molar-refractivity contribution in [1.29, 1.82) is 5.26 Å². The quantitative estimate of drug-likeness (QED) is 0.841. The summed E-state index contributed by atoms with van der Waals surface area (Å²) in [6, 6.07) is 4.30. The molecule has 0 saturated carbocycles. The van der Waals surface area contributed by atoms with Gasteiger partial charge in [0.15, 0.2) is 0 Å². The summed E-state index contributed by atoms with van der Waals surface area (Å²) in [5, 5.41) is 9.16. The molecule has 2 heterocycles. The molecule has 0 spiro atoms. The fourth-order valence-electron chi connectivity index (χ4n) is 2.37. The maximum atomic E-state index is 12.4. The van der Waals surface area contributed by atoms with E-state index in [2.05, 4.69) is 11.0 Å². The maximum absolute atomic E-state index is 12.4. The van der Waals surface area contributed by atoms with E-state index in [4.69, 9.17) is 5.26 Å². The van der Waals surface area contributed by atoms with Crippen molar-refractivity contribution in [3.8, 4) is 6.07 Å². The van der Waals surface area contributed by atoms with Gasteiger partial charge in [0.1, 0.15) is 5.54 Å². The number of thiophene rings is 1. The van der Waals surface area contributed by atoms with Crippen molar-refractivity contribution < 1.29 is 4.79 Å². The first-order chi connectivity index (χ1) is 9.35. The molecule has 1 aliphatic heterocycles. The van der Waals surface area contributed by atoms with E-state index in [0.29, 0.717) is 13.1 Å². The molecule has 4 nitrogen and oxygen atoms in total. The van der Waals surface area contributed by atoms with Gasteiger partial charge in [0.2, 0.25) is 0 Å². The second-order valence-corrected chi connectivity index (χ2v) is 7.06. The molecule has 1 saturated heterocycles. The van der Waals surface area contributed by atoms with Crippen molar-refractivity contribution in [2.24, 2.45) is 0 Å². The van der Waals surface area contributed by atoms with Crippen LogP contribution in [-0.2, 0) is 0 Å². The SMILES string of the molecule is Cc1cc(C(=O)N2CCN(C(C)(C)C#N)CC2)sc1C. The molecule has 0 aromatic carbocycles. The summed E-state index contributed by atoms with van der Waals surface area (Å²) in [4.78, 5) is 18.5. The molecule has 1 aromatic rings. The summed E-state index contributed by atoms with van der Waals surface area (Å²) in [7, 11) is 0. The highest BCUT2D eigenvalue weighted by molar-refractivity contribution is 7.14. The second-order valence-electron chi connectivity index (χ2n) is 5.80. The molecule has 0 aliphatic carbocycles. The van der Waals surface area contributed by atoms with Crippen LogP contribution in [-0.4, -0.2) is 47.4 Å². The van der Waals surface area contributed by atoms with Crippen molar-refractivity contribution in [2.75, 3.05) is 26.2 Å². The van der Waals surface area contributed by atoms with Gasteiger partial charge in [-0.1, -0.05) is 0 Å². The third-order valence-corrected chi connectivity index (χ3v) is 5.15. The number of hydrogen-bond donors (Lipinski definition) is 0. The summed E-state index contributed by atoms with van der Waals surface area (Å²) in [5.74, 6) is 0.126. The van der Waals surface area contributed by atoms with E-state index in [0.717, 1.165) is 18.0 Å². The Bertz CT molecular complexity index is 528. The van der Waals surface area contributed by atoms with Crippen LogP contribution in [0.4, 0.5) is 0 Å². The van der Waals surface area contributed by atoms with E-state index < -0.39 is 5.54 Å². The number of hydrogen-bond acceptors (Lipinski definition) is 4. The zero-order valence-electron chi connectivity index (χ0n) is 12.6. The van der Waals surface area contributed by atoms with Crippen LogP contribution in [0.15, 0.2) is 6.07 Å². The summed E-state index contributed by atoms with van der Waals surface area (Å²) >= 11 is 1.57. The summed E-state index contributed by atoms with van der Waals surface area (Å²) in [5.41, 5.74) is 0.730. The van der Waals surface area contributed by atoms with E-state index >= 15 is 0 Å². The standard InChI is InChI=1S/C15H21N3OS/c1-11-9-13(20-12(11)2)14(19)17-5-7-18(8-6-17)15(3,4)10-16/h9H,5-8H2,1-4H3. The lowest BCUT2D eigenvalue weighted by Gasteiger charge is -2.40. The first-order valence-electron chi connectivity index (χ1n) is 6.88.